The molecule has 2 fully saturated rings. The van der Waals surface area contributed by atoms with Gasteiger partial charge in [-0.05, 0) is 46.5 Å². The molecule has 0 bridgehead atoms. The highest BCUT2D eigenvalue weighted by Gasteiger charge is 2.49. The Morgan fingerprint density at radius 1 is 1.23 bits per heavy atom. The first-order chi connectivity index (χ1) is 18.9. The van der Waals surface area contributed by atoms with E-state index in [1.54, 1.807) is 11.0 Å². The first-order valence-corrected chi connectivity index (χ1v) is 17.5. The molecule has 1 aliphatic carbocycles. The predicted molar refractivity (Wildman–Crippen MR) is 158 cm³/mol. The van der Waals surface area contributed by atoms with Crippen LogP contribution in [0.1, 0.15) is 81.6 Å². The summed E-state index contributed by atoms with van der Waals surface area (Å²) in [6, 6.07) is 1.78. The Hall–Kier alpha value is -1.79. The van der Waals surface area contributed by atoms with E-state index in [9.17, 15) is 18.7 Å². The van der Waals surface area contributed by atoms with Crippen molar-refractivity contribution in [2.45, 2.75) is 102 Å². The molecule has 11 heteroatoms. The average Bonchev–Trinajstić information content (AvgIpc) is 3.60. The van der Waals surface area contributed by atoms with E-state index < -0.39 is 14.2 Å². The van der Waals surface area contributed by atoms with Crippen molar-refractivity contribution in [2.75, 3.05) is 25.0 Å². The molecule has 2 aromatic heterocycles. The minimum atomic E-state index is -2.64. The van der Waals surface area contributed by atoms with Crippen LogP contribution in [0.25, 0.3) is 0 Å². The number of hydrogen-bond donors (Lipinski definition) is 2. The van der Waals surface area contributed by atoms with Crippen molar-refractivity contribution >= 4 is 31.3 Å². The number of carbonyl (C=O) groups excluding carboxylic acids is 1. The van der Waals surface area contributed by atoms with Gasteiger partial charge >= 0.3 is 0 Å². The quantitative estimate of drug-likeness (QED) is 0.219. The fourth-order valence-corrected chi connectivity index (χ4v) is 13.4. The molecular weight excluding hydrogens is 550 g/mol. The lowest BCUT2D eigenvalue weighted by Crippen LogP contribution is -2.51. The Kier molecular flexibility index (Phi) is 9.82. The largest absolute Gasteiger partial charge is 0.413 e. The summed E-state index contributed by atoms with van der Waals surface area (Å²) in [7, 11) is -2.13. The van der Waals surface area contributed by atoms with E-state index in [0.717, 1.165) is 18.4 Å². The normalized spacial score (nSPS) is 23.6. The van der Waals surface area contributed by atoms with Crippen molar-refractivity contribution < 1.29 is 23.1 Å². The van der Waals surface area contributed by atoms with Crippen molar-refractivity contribution in [1.29, 1.82) is 0 Å². The number of anilines is 1. The predicted octanol–water partition coefficient (Wildman–Crippen LogP) is 6.35. The van der Waals surface area contributed by atoms with Crippen molar-refractivity contribution in [3.05, 3.63) is 40.0 Å². The molecule has 1 aliphatic heterocycles. The summed E-state index contributed by atoms with van der Waals surface area (Å²) in [5, 5.41) is 15.6. The van der Waals surface area contributed by atoms with Crippen LogP contribution in [0.2, 0.25) is 16.6 Å². The van der Waals surface area contributed by atoms with E-state index in [1.807, 2.05) is 5.38 Å². The highest BCUT2D eigenvalue weighted by Crippen LogP contribution is 2.46. The Balaban J connectivity index is 1.46. The molecule has 3 atom stereocenters. The minimum absolute atomic E-state index is 0.00230. The number of alkyl halides is 2. The van der Waals surface area contributed by atoms with Crippen molar-refractivity contribution in [1.82, 2.24) is 14.9 Å². The van der Waals surface area contributed by atoms with Gasteiger partial charge in [-0.25, -0.2) is 18.7 Å². The number of rotatable bonds is 12. The summed E-state index contributed by atoms with van der Waals surface area (Å²) in [6.07, 6.45) is 4.22. The third kappa shape index (κ3) is 6.64. The molecule has 0 aromatic carbocycles. The van der Waals surface area contributed by atoms with Crippen LogP contribution in [0.5, 0.6) is 0 Å². The Morgan fingerprint density at radius 2 is 1.93 bits per heavy atom. The van der Waals surface area contributed by atoms with Crippen LogP contribution in [-0.4, -0.2) is 71.8 Å². The van der Waals surface area contributed by atoms with E-state index in [-0.39, 0.29) is 43.4 Å². The monoisotopic (exact) mass is 594 g/mol. The second-order valence-corrected chi connectivity index (χ2v) is 18.8. The third-order valence-corrected chi connectivity index (χ3v) is 15.9. The molecule has 0 amide bonds. The first kappa shape index (κ1) is 31.1. The average molecular weight is 595 g/mol. The lowest BCUT2D eigenvalue weighted by Gasteiger charge is -2.45. The molecule has 1 saturated heterocycles. The standard InChI is InChI=1S/C29H44F2N4O3SSi/c1-18(2)40(19(3)4,20(5)6)38-25-11-23(10-22(25)14-36)34-28-24(12-32-17-33-28)27(37)26-9-21(15-39-26)13-35-8-7-29(30,31)16-35/h9,12,15,17-20,22-23,25,36H,7-8,10-11,13-14,16H2,1-6H3,(H,32,33,34)/t22-,23-,25+/m1/s1. The maximum Gasteiger partial charge on any atom is 0.261 e. The summed E-state index contributed by atoms with van der Waals surface area (Å²) >= 11 is 1.31. The smallest absolute Gasteiger partial charge is 0.261 e. The Morgan fingerprint density at radius 3 is 2.52 bits per heavy atom. The summed E-state index contributed by atoms with van der Waals surface area (Å²) in [5.41, 5.74) is 2.57. The van der Waals surface area contributed by atoms with E-state index in [1.165, 1.54) is 23.9 Å². The molecule has 2 N–H and O–H groups in total. The van der Waals surface area contributed by atoms with Crippen LogP contribution in [0.4, 0.5) is 14.6 Å². The minimum Gasteiger partial charge on any atom is -0.413 e. The summed E-state index contributed by atoms with van der Waals surface area (Å²) in [6.45, 7) is 14.1. The van der Waals surface area contributed by atoms with Crippen molar-refractivity contribution in [3.8, 4) is 0 Å². The van der Waals surface area contributed by atoms with Crippen LogP contribution >= 0.6 is 11.3 Å². The number of aliphatic hydroxyl groups is 1. The number of hydrogen-bond acceptors (Lipinski definition) is 8. The lowest BCUT2D eigenvalue weighted by atomic mass is 10.1. The van der Waals surface area contributed by atoms with Crippen molar-refractivity contribution in [2.24, 2.45) is 5.92 Å². The molecule has 0 unspecified atom stereocenters. The number of nitrogens with one attached hydrogen (secondary N) is 1. The topological polar surface area (TPSA) is 87.6 Å². The third-order valence-electron chi connectivity index (χ3n) is 8.76. The van der Waals surface area contributed by atoms with E-state index in [0.29, 0.717) is 46.0 Å². The van der Waals surface area contributed by atoms with E-state index >= 15 is 0 Å². The van der Waals surface area contributed by atoms with Crippen LogP contribution in [-0.2, 0) is 11.0 Å². The fourth-order valence-electron chi connectivity index (χ4n) is 6.93. The van der Waals surface area contributed by atoms with Crippen molar-refractivity contribution in [3.63, 3.8) is 0 Å². The molecule has 7 nitrogen and oxygen atoms in total. The molecule has 1 saturated carbocycles. The second-order valence-electron chi connectivity index (χ2n) is 12.5. The van der Waals surface area contributed by atoms with Crippen LogP contribution < -0.4 is 5.32 Å². The summed E-state index contributed by atoms with van der Waals surface area (Å²) < 4.78 is 34.2. The Labute approximate surface area is 241 Å². The number of carbonyl (C=O) groups is 1. The van der Waals surface area contributed by atoms with Gasteiger partial charge in [0, 0.05) is 44.3 Å². The zero-order valence-electron chi connectivity index (χ0n) is 24.5. The number of thiophene rings is 1. The van der Waals surface area contributed by atoms with Gasteiger partial charge in [0.2, 0.25) is 14.1 Å². The van der Waals surface area contributed by atoms with Gasteiger partial charge in [0.05, 0.1) is 23.1 Å². The van der Waals surface area contributed by atoms with Crippen LogP contribution in [0.3, 0.4) is 0 Å². The summed E-state index contributed by atoms with van der Waals surface area (Å²) in [5.74, 6) is -2.35. The number of halogens is 2. The number of nitrogens with zero attached hydrogens (tertiary/aromatic N) is 3. The molecular formula is C29H44F2N4O3SSi. The Bertz CT molecular complexity index is 1140. The maximum atomic E-state index is 13.6. The van der Waals surface area contributed by atoms with Gasteiger partial charge in [-0.2, -0.15) is 0 Å². The van der Waals surface area contributed by atoms with E-state index in [4.69, 9.17) is 4.43 Å². The number of likely N-dealkylation sites (tertiary alicyclic amines) is 1. The first-order valence-electron chi connectivity index (χ1n) is 14.4. The van der Waals surface area contributed by atoms with Crippen LogP contribution in [0.15, 0.2) is 24.0 Å². The van der Waals surface area contributed by atoms with Gasteiger partial charge in [-0.15, -0.1) is 11.3 Å². The molecule has 2 aromatic rings. The van der Waals surface area contributed by atoms with Gasteiger partial charge < -0.3 is 14.8 Å². The number of aliphatic hydroxyl groups excluding tert-OH is 1. The lowest BCUT2D eigenvalue weighted by molar-refractivity contribution is 0.0115. The molecule has 4 rings (SSSR count). The van der Waals surface area contributed by atoms with Gasteiger partial charge in [-0.3, -0.25) is 9.69 Å². The molecule has 0 spiro atoms. The molecule has 222 valence electrons. The maximum absolute atomic E-state index is 13.6. The number of ketones is 1. The SMILES string of the molecule is CC(C)[Si](O[C@H]1C[C@H](Nc2ncncc2C(=O)c2cc(CN3CCC(F)(F)C3)cs2)C[C@@H]1CO)(C(C)C)C(C)C. The second kappa shape index (κ2) is 12.6. The highest BCUT2D eigenvalue weighted by molar-refractivity contribution is 7.12. The zero-order chi connectivity index (χ0) is 29.2. The molecule has 0 radical (unpaired) electrons. The van der Waals surface area contributed by atoms with Gasteiger partial charge in [0.1, 0.15) is 12.1 Å². The number of aromatic nitrogens is 2. The fraction of sp³-hybridized carbons (Fsp3) is 0.690. The van der Waals surface area contributed by atoms with Crippen LogP contribution in [0, 0.1) is 5.92 Å². The highest BCUT2D eigenvalue weighted by atomic mass is 32.1. The van der Waals surface area contributed by atoms with E-state index in [2.05, 4.69) is 56.8 Å². The summed E-state index contributed by atoms with van der Waals surface area (Å²) in [4.78, 5) is 24.3. The van der Waals surface area contributed by atoms with Gasteiger partial charge in [0.15, 0.2) is 0 Å². The molecule has 40 heavy (non-hydrogen) atoms. The van der Waals surface area contributed by atoms with Gasteiger partial charge in [-0.1, -0.05) is 41.5 Å². The van der Waals surface area contributed by atoms with Gasteiger partial charge in [0.25, 0.3) is 5.92 Å². The zero-order valence-corrected chi connectivity index (χ0v) is 26.3. The molecule has 2 aliphatic rings. The molecule has 3 heterocycles.